The molecule has 2 heteroatoms. The Kier molecular flexibility index (Phi) is 3.95. The minimum atomic E-state index is 0.813. The fourth-order valence-corrected chi connectivity index (χ4v) is 4.20. The Morgan fingerprint density at radius 2 is 1.78 bits per heavy atom. The van der Waals surface area contributed by atoms with Gasteiger partial charge in [0.25, 0.3) is 0 Å². The molecule has 2 aliphatic carbocycles. The maximum absolute atomic E-state index is 5.51. The van der Waals surface area contributed by atoms with Crippen molar-refractivity contribution < 1.29 is 4.74 Å². The summed E-state index contributed by atoms with van der Waals surface area (Å²) in [5, 5.41) is 0. The van der Waals surface area contributed by atoms with Gasteiger partial charge >= 0.3 is 0 Å². The Hall–Kier alpha value is -0.0800. The molecule has 0 aromatic heterocycles. The van der Waals surface area contributed by atoms with E-state index in [9.17, 15) is 0 Å². The summed E-state index contributed by atoms with van der Waals surface area (Å²) in [5.41, 5.74) is 0.813. The van der Waals surface area contributed by atoms with Gasteiger partial charge in [0.2, 0.25) is 0 Å². The van der Waals surface area contributed by atoms with Crippen molar-refractivity contribution in [1.29, 1.82) is 0 Å². The second-order valence-corrected chi connectivity index (χ2v) is 7.02. The van der Waals surface area contributed by atoms with Crippen molar-refractivity contribution in [3.05, 3.63) is 0 Å². The molecule has 104 valence electrons. The van der Waals surface area contributed by atoms with Gasteiger partial charge in [0.15, 0.2) is 0 Å². The molecule has 0 amide bonds. The molecule has 0 radical (unpaired) electrons. The number of nitrogens with zero attached hydrogens (tertiary/aromatic N) is 1. The van der Waals surface area contributed by atoms with E-state index in [1.54, 1.807) is 0 Å². The molecule has 3 rings (SSSR count). The summed E-state index contributed by atoms with van der Waals surface area (Å²) in [6.07, 6.45) is 10.4. The summed E-state index contributed by atoms with van der Waals surface area (Å²) >= 11 is 0. The molecule has 0 aromatic rings. The summed E-state index contributed by atoms with van der Waals surface area (Å²) in [6, 6.07) is 0. The zero-order chi connectivity index (χ0) is 12.4. The Labute approximate surface area is 112 Å². The van der Waals surface area contributed by atoms with Crippen LogP contribution >= 0.6 is 0 Å². The summed E-state index contributed by atoms with van der Waals surface area (Å²) < 4.78 is 5.51. The molecule has 1 aliphatic heterocycles. The van der Waals surface area contributed by atoms with Crippen LogP contribution in [0.4, 0.5) is 0 Å². The van der Waals surface area contributed by atoms with Gasteiger partial charge in [-0.15, -0.1) is 0 Å². The van der Waals surface area contributed by atoms with Crippen LogP contribution in [0.5, 0.6) is 0 Å². The molecule has 0 bridgehead atoms. The number of likely N-dealkylation sites (tertiary alicyclic amines) is 1. The van der Waals surface area contributed by atoms with Gasteiger partial charge in [0, 0.05) is 19.8 Å². The third kappa shape index (κ3) is 2.75. The first kappa shape index (κ1) is 12.9. The molecule has 1 heterocycles. The minimum Gasteiger partial charge on any atom is -0.381 e. The fourth-order valence-electron chi connectivity index (χ4n) is 4.20. The van der Waals surface area contributed by atoms with Crippen molar-refractivity contribution in [3.8, 4) is 0 Å². The highest BCUT2D eigenvalue weighted by atomic mass is 16.5. The Balaban J connectivity index is 1.31. The average Bonchev–Trinajstić information content (AvgIpc) is 2.31. The lowest BCUT2D eigenvalue weighted by Crippen LogP contribution is -2.46. The molecule has 3 fully saturated rings. The average molecular weight is 251 g/mol. The minimum absolute atomic E-state index is 0.813. The molecule has 1 spiro atoms. The zero-order valence-electron chi connectivity index (χ0n) is 12.0. The lowest BCUT2D eigenvalue weighted by atomic mass is 9.63. The molecule has 0 N–H and O–H groups in total. The molecule has 2 nitrogen and oxygen atoms in total. The zero-order valence-corrected chi connectivity index (χ0v) is 12.0. The summed E-state index contributed by atoms with van der Waals surface area (Å²) in [6.45, 7) is 8.13. The predicted molar refractivity (Wildman–Crippen MR) is 74.7 cm³/mol. The van der Waals surface area contributed by atoms with Gasteiger partial charge < -0.3 is 9.64 Å². The largest absolute Gasteiger partial charge is 0.381 e. The highest BCUT2D eigenvalue weighted by Gasteiger charge is 2.40. The van der Waals surface area contributed by atoms with Crippen LogP contribution in [0, 0.1) is 17.3 Å². The van der Waals surface area contributed by atoms with Gasteiger partial charge in [0.05, 0.1) is 0 Å². The van der Waals surface area contributed by atoms with Gasteiger partial charge in [-0.3, -0.25) is 0 Å². The number of rotatable bonds is 5. The Morgan fingerprint density at radius 1 is 1.06 bits per heavy atom. The monoisotopic (exact) mass is 251 g/mol. The van der Waals surface area contributed by atoms with E-state index in [2.05, 4.69) is 11.8 Å². The third-order valence-electron chi connectivity index (χ3n) is 5.74. The van der Waals surface area contributed by atoms with Crippen LogP contribution in [-0.2, 0) is 4.74 Å². The standard InChI is InChI=1S/C16H29NO/c1-2-18-13-15-10-14(11-15)12-17-8-6-16(7-9-17)4-3-5-16/h14-15H,2-13H2,1H3. The smallest absolute Gasteiger partial charge is 0.0494 e. The molecule has 0 aromatic carbocycles. The van der Waals surface area contributed by atoms with Gasteiger partial charge in [-0.1, -0.05) is 6.42 Å². The number of hydrogen-bond acceptors (Lipinski definition) is 2. The maximum atomic E-state index is 5.51. The van der Waals surface area contributed by atoms with Crippen molar-refractivity contribution >= 4 is 0 Å². The first-order valence-corrected chi connectivity index (χ1v) is 8.10. The van der Waals surface area contributed by atoms with Gasteiger partial charge in [-0.05, 0) is 75.8 Å². The molecule has 2 saturated carbocycles. The van der Waals surface area contributed by atoms with Crippen LogP contribution < -0.4 is 0 Å². The van der Waals surface area contributed by atoms with Crippen molar-refractivity contribution in [2.24, 2.45) is 17.3 Å². The van der Waals surface area contributed by atoms with Crippen LogP contribution in [0.25, 0.3) is 0 Å². The van der Waals surface area contributed by atoms with E-state index in [-0.39, 0.29) is 0 Å². The second kappa shape index (κ2) is 5.50. The number of hydrogen-bond donors (Lipinski definition) is 0. The van der Waals surface area contributed by atoms with Crippen LogP contribution in [0.3, 0.4) is 0 Å². The van der Waals surface area contributed by atoms with E-state index >= 15 is 0 Å². The Bertz CT molecular complexity index is 258. The molecule has 0 unspecified atom stereocenters. The van der Waals surface area contributed by atoms with Crippen LogP contribution in [0.2, 0.25) is 0 Å². The fraction of sp³-hybridized carbons (Fsp3) is 1.00. The summed E-state index contributed by atoms with van der Waals surface area (Å²) in [7, 11) is 0. The lowest BCUT2D eigenvalue weighted by molar-refractivity contribution is 0.00208. The van der Waals surface area contributed by atoms with Crippen molar-refractivity contribution in [2.45, 2.75) is 51.9 Å². The van der Waals surface area contributed by atoms with E-state index in [1.165, 1.54) is 64.6 Å². The molecule has 3 aliphatic rings. The number of piperidine rings is 1. The maximum Gasteiger partial charge on any atom is 0.0494 e. The highest BCUT2D eigenvalue weighted by Crippen LogP contribution is 2.49. The van der Waals surface area contributed by atoms with Crippen molar-refractivity contribution in [1.82, 2.24) is 4.90 Å². The topological polar surface area (TPSA) is 12.5 Å². The van der Waals surface area contributed by atoms with Gasteiger partial charge in [0.1, 0.15) is 0 Å². The van der Waals surface area contributed by atoms with E-state index in [0.717, 1.165) is 30.5 Å². The molecular formula is C16H29NO. The molecule has 0 atom stereocenters. The van der Waals surface area contributed by atoms with E-state index in [1.807, 2.05) is 0 Å². The third-order valence-corrected chi connectivity index (χ3v) is 5.74. The molecular weight excluding hydrogens is 222 g/mol. The molecule has 1 saturated heterocycles. The highest BCUT2D eigenvalue weighted by molar-refractivity contribution is 4.93. The van der Waals surface area contributed by atoms with Crippen LogP contribution in [0.1, 0.15) is 51.9 Å². The SMILES string of the molecule is CCOCC1CC(CN2CCC3(CCC3)CC2)C1. The van der Waals surface area contributed by atoms with Crippen molar-refractivity contribution in [3.63, 3.8) is 0 Å². The van der Waals surface area contributed by atoms with E-state index in [4.69, 9.17) is 4.74 Å². The molecule has 18 heavy (non-hydrogen) atoms. The van der Waals surface area contributed by atoms with Gasteiger partial charge in [-0.2, -0.15) is 0 Å². The van der Waals surface area contributed by atoms with E-state index in [0.29, 0.717) is 0 Å². The normalized spacial score (nSPS) is 35.2. The predicted octanol–water partition coefficient (Wildman–Crippen LogP) is 3.32. The van der Waals surface area contributed by atoms with Crippen molar-refractivity contribution in [2.75, 3.05) is 32.8 Å². The van der Waals surface area contributed by atoms with Crippen LogP contribution in [0.15, 0.2) is 0 Å². The first-order valence-electron chi connectivity index (χ1n) is 8.10. The number of ether oxygens (including phenoxy) is 1. The lowest BCUT2D eigenvalue weighted by Gasteiger charge is -2.49. The second-order valence-electron chi connectivity index (χ2n) is 7.02. The van der Waals surface area contributed by atoms with Gasteiger partial charge in [-0.25, -0.2) is 0 Å². The quantitative estimate of drug-likeness (QED) is 0.743. The summed E-state index contributed by atoms with van der Waals surface area (Å²) in [4.78, 5) is 2.74. The summed E-state index contributed by atoms with van der Waals surface area (Å²) in [5.74, 6) is 1.85. The first-order chi connectivity index (χ1) is 8.80. The van der Waals surface area contributed by atoms with Crippen LogP contribution in [-0.4, -0.2) is 37.7 Å². The Morgan fingerprint density at radius 3 is 2.33 bits per heavy atom. The van der Waals surface area contributed by atoms with E-state index < -0.39 is 0 Å².